The molecule has 0 saturated carbocycles. The van der Waals surface area contributed by atoms with Crippen LogP contribution in [0.1, 0.15) is 17.3 Å². The Hall–Kier alpha value is -3.02. The molecule has 1 atom stereocenters. The van der Waals surface area contributed by atoms with E-state index in [2.05, 4.69) is 5.32 Å². The molecule has 24 heavy (non-hydrogen) atoms. The fraction of sp³-hybridized carbons (Fsp3) is 0.222. The van der Waals surface area contributed by atoms with E-state index in [1.54, 1.807) is 42.5 Å². The zero-order chi connectivity index (χ0) is 17.5. The van der Waals surface area contributed by atoms with Gasteiger partial charge in [0, 0.05) is 5.69 Å². The molecule has 0 aliphatic heterocycles. The first-order chi connectivity index (χ1) is 11.6. The molecule has 2 aromatic carbocycles. The highest BCUT2D eigenvalue weighted by Gasteiger charge is 2.23. The minimum absolute atomic E-state index is 0.191. The van der Waals surface area contributed by atoms with Crippen LogP contribution in [0.25, 0.3) is 0 Å². The summed E-state index contributed by atoms with van der Waals surface area (Å²) < 4.78 is 15.6. The lowest BCUT2D eigenvalue weighted by atomic mass is 10.2. The second-order valence-corrected chi connectivity index (χ2v) is 4.94. The fourth-order valence-corrected chi connectivity index (χ4v) is 2.09. The third kappa shape index (κ3) is 4.04. The van der Waals surface area contributed by atoms with Gasteiger partial charge in [0.05, 0.1) is 14.2 Å². The quantitative estimate of drug-likeness (QED) is 0.825. The second-order valence-electron chi connectivity index (χ2n) is 4.94. The highest BCUT2D eigenvalue weighted by molar-refractivity contribution is 5.98. The molecule has 0 spiro atoms. The minimum Gasteiger partial charge on any atom is -0.493 e. The van der Waals surface area contributed by atoms with Crippen molar-refractivity contribution in [3.05, 3.63) is 54.1 Å². The minimum atomic E-state index is -0.964. The van der Waals surface area contributed by atoms with Crippen LogP contribution in [-0.2, 0) is 9.53 Å². The Balaban J connectivity index is 2.07. The Morgan fingerprint density at radius 3 is 2.29 bits per heavy atom. The Morgan fingerprint density at radius 2 is 1.67 bits per heavy atom. The van der Waals surface area contributed by atoms with Crippen LogP contribution >= 0.6 is 0 Å². The Kier molecular flexibility index (Phi) is 5.78. The van der Waals surface area contributed by atoms with Crippen LogP contribution in [-0.4, -0.2) is 32.2 Å². The third-order valence-electron chi connectivity index (χ3n) is 3.32. The lowest BCUT2D eigenvalue weighted by Gasteiger charge is -2.16. The number of para-hydroxylation sites is 2. The SMILES string of the molecule is COc1cccc(C(=O)O[C@@H](C)C(=O)Nc2ccccc2)c1OC. The van der Waals surface area contributed by atoms with Gasteiger partial charge in [-0.05, 0) is 31.2 Å². The number of hydrogen-bond acceptors (Lipinski definition) is 5. The van der Waals surface area contributed by atoms with Crippen molar-refractivity contribution < 1.29 is 23.8 Å². The highest BCUT2D eigenvalue weighted by atomic mass is 16.6. The molecule has 6 heteroatoms. The Morgan fingerprint density at radius 1 is 0.958 bits per heavy atom. The molecule has 0 radical (unpaired) electrons. The first-order valence-electron chi connectivity index (χ1n) is 7.34. The van der Waals surface area contributed by atoms with Crippen molar-refractivity contribution in [2.75, 3.05) is 19.5 Å². The average Bonchev–Trinajstić information content (AvgIpc) is 2.61. The van der Waals surface area contributed by atoms with Crippen LogP contribution in [0, 0.1) is 0 Å². The van der Waals surface area contributed by atoms with Crippen molar-refractivity contribution >= 4 is 17.6 Å². The smallest absolute Gasteiger partial charge is 0.342 e. The molecule has 1 amide bonds. The van der Waals surface area contributed by atoms with Gasteiger partial charge in [-0.2, -0.15) is 0 Å². The van der Waals surface area contributed by atoms with Crippen LogP contribution in [0.5, 0.6) is 11.5 Å². The van der Waals surface area contributed by atoms with Crippen molar-refractivity contribution in [3.8, 4) is 11.5 Å². The molecular weight excluding hydrogens is 310 g/mol. The number of carbonyl (C=O) groups excluding carboxylic acids is 2. The van der Waals surface area contributed by atoms with E-state index < -0.39 is 18.0 Å². The van der Waals surface area contributed by atoms with Crippen LogP contribution in [0.3, 0.4) is 0 Å². The molecule has 6 nitrogen and oxygen atoms in total. The number of methoxy groups -OCH3 is 2. The summed E-state index contributed by atoms with van der Waals surface area (Å²) in [6, 6.07) is 13.8. The van der Waals surface area contributed by atoms with Crippen molar-refractivity contribution in [1.82, 2.24) is 0 Å². The van der Waals surface area contributed by atoms with E-state index in [1.165, 1.54) is 21.1 Å². The van der Waals surface area contributed by atoms with Crippen molar-refractivity contribution in [3.63, 3.8) is 0 Å². The zero-order valence-electron chi connectivity index (χ0n) is 13.7. The van der Waals surface area contributed by atoms with Crippen LogP contribution in [0.4, 0.5) is 5.69 Å². The maximum Gasteiger partial charge on any atom is 0.342 e. The van der Waals surface area contributed by atoms with Gasteiger partial charge in [-0.3, -0.25) is 4.79 Å². The molecule has 0 heterocycles. The molecule has 126 valence electrons. The summed E-state index contributed by atoms with van der Waals surface area (Å²) in [7, 11) is 2.91. The predicted octanol–water partition coefficient (Wildman–Crippen LogP) is 2.89. The van der Waals surface area contributed by atoms with Crippen molar-refractivity contribution in [2.45, 2.75) is 13.0 Å². The average molecular weight is 329 g/mol. The number of nitrogens with one attached hydrogen (secondary N) is 1. The molecule has 1 N–H and O–H groups in total. The fourth-order valence-electron chi connectivity index (χ4n) is 2.09. The molecule has 0 aromatic heterocycles. The number of benzene rings is 2. The number of hydrogen-bond donors (Lipinski definition) is 1. The van der Waals surface area contributed by atoms with Gasteiger partial charge in [-0.1, -0.05) is 24.3 Å². The second kappa shape index (κ2) is 8.01. The monoisotopic (exact) mass is 329 g/mol. The number of anilines is 1. The van der Waals surface area contributed by atoms with E-state index >= 15 is 0 Å². The molecule has 0 fully saturated rings. The molecule has 0 aliphatic carbocycles. The zero-order valence-corrected chi connectivity index (χ0v) is 13.7. The van der Waals surface area contributed by atoms with E-state index in [0.29, 0.717) is 11.4 Å². The Labute approximate surface area is 140 Å². The van der Waals surface area contributed by atoms with Gasteiger partial charge < -0.3 is 19.5 Å². The Bertz CT molecular complexity index is 715. The lowest BCUT2D eigenvalue weighted by molar-refractivity contribution is -0.123. The van der Waals surface area contributed by atoms with Crippen molar-refractivity contribution in [2.24, 2.45) is 0 Å². The summed E-state index contributed by atoms with van der Waals surface area (Å²) in [5, 5.41) is 2.68. The van der Waals surface area contributed by atoms with E-state index in [-0.39, 0.29) is 11.3 Å². The maximum atomic E-state index is 12.3. The number of ether oxygens (including phenoxy) is 3. The molecular formula is C18H19NO5. The van der Waals surface area contributed by atoms with E-state index in [1.807, 2.05) is 6.07 Å². The van der Waals surface area contributed by atoms with E-state index in [0.717, 1.165) is 0 Å². The van der Waals surface area contributed by atoms with Crippen LogP contribution < -0.4 is 14.8 Å². The topological polar surface area (TPSA) is 73.9 Å². The van der Waals surface area contributed by atoms with Gasteiger partial charge in [0.1, 0.15) is 5.56 Å². The molecule has 0 bridgehead atoms. The van der Waals surface area contributed by atoms with Crippen LogP contribution in [0.15, 0.2) is 48.5 Å². The van der Waals surface area contributed by atoms with E-state index in [9.17, 15) is 9.59 Å². The van der Waals surface area contributed by atoms with Crippen molar-refractivity contribution in [1.29, 1.82) is 0 Å². The molecule has 0 aliphatic rings. The van der Waals surface area contributed by atoms with Gasteiger partial charge in [0.15, 0.2) is 17.6 Å². The summed E-state index contributed by atoms with van der Waals surface area (Å²) in [6.45, 7) is 1.50. The molecule has 2 rings (SSSR count). The number of rotatable bonds is 6. The van der Waals surface area contributed by atoms with Gasteiger partial charge in [0.2, 0.25) is 0 Å². The van der Waals surface area contributed by atoms with E-state index in [4.69, 9.17) is 14.2 Å². The standard InChI is InChI=1S/C18H19NO5/c1-12(17(20)19-13-8-5-4-6-9-13)24-18(21)14-10-7-11-15(22-2)16(14)23-3/h4-12H,1-3H3,(H,19,20)/t12-/m0/s1. The number of carbonyl (C=O) groups is 2. The predicted molar refractivity (Wildman–Crippen MR) is 89.5 cm³/mol. The summed E-state index contributed by atoms with van der Waals surface area (Å²) in [6.07, 6.45) is -0.964. The third-order valence-corrected chi connectivity index (χ3v) is 3.32. The van der Waals surface area contributed by atoms with Gasteiger partial charge >= 0.3 is 5.97 Å². The summed E-state index contributed by atoms with van der Waals surface area (Å²) >= 11 is 0. The van der Waals surface area contributed by atoms with Gasteiger partial charge in [0.25, 0.3) is 5.91 Å². The van der Waals surface area contributed by atoms with Crippen LogP contribution in [0.2, 0.25) is 0 Å². The van der Waals surface area contributed by atoms with Gasteiger partial charge in [-0.25, -0.2) is 4.79 Å². The van der Waals surface area contributed by atoms with Gasteiger partial charge in [-0.15, -0.1) is 0 Å². The summed E-state index contributed by atoms with van der Waals surface area (Å²) in [4.78, 5) is 24.4. The number of esters is 1. The largest absolute Gasteiger partial charge is 0.493 e. The molecule has 0 unspecified atom stereocenters. The highest BCUT2D eigenvalue weighted by Crippen LogP contribution is 2.31. The maximum absolute atomic E-state index is 12.3. The first kappa shape index (κ1) is 17.3. The molecule has 0 saturated heterocycles. The molecule has 2 aromatic rings. The normalized spacial score (nSPS) is 11.3. The lowest BCUT2D eigenvalue weighted by Crippen LogP contribution is -2.30. The first-order valence-corrected chi connectivity index (χ1v) is 7.34. The summed E-state index contributed by atoms with van der Waals surface area (Å²) in [5.74, 6) is -0.410. The summed E-state index contributed by atoms with van der Waals surface area (Å²) in [5.41, 5.74) is 0.820. The number of amides is 1.